The van der Waals surface area contributed by atoms with Gasteiger partial charge in [-0.25, -0.2) is 13.9 Å². The van der Waals surface area contributed by atoms with Crippen molar-refractivity contribution < 1.29 is 18.4 Å². The van der Waals surface area contributed by atoms with Crippen LogP contribution >= 0.6 is 0 Å². The molecule has 8 nitrogen and oxygen atoms in total. The highest BCUT2D eigenvalue weighted by molar-refractivity contribution is 6.05. The number of fused-ring (bicyclic) bond motifs is 1. The largest absolute Gasteiger partial charge is 0.422 e. The van der Waals surface area contributed by atoms with Crippen molar-refractivity contribution in [3.05, 3.63) is 124 Å². The van der Waals surface area contributed by atoms with E-state index in [4.69, 9.17) is 4.42 Å². The van der Waals surface area contributed by atoms with Crippen molar-refractivity contribution in [2.75, 3.05) is 6.54 Å². The second-order valence-corrected chi connectivity index (χ2v) is 9.82. The van der Waals surface area contributed by atoms with Gasteiger partial charge in [0.15, 0.2) is 0 Å². The summed E-state index contributed by atoms with van der Waals surface area (Å²) < 4.78 is 20.6. The molecule has 2 heterocycles. The lowest BCUT2D eigenvalue weighted by molar-refractivity contribution is -0.117. The Hall–Kier alpha value is -5.31. The Kier molecular flexibility index (Phi) is 7.87. The summed E-state index contributed by atoms with van der Waals surface area (Å²) in [5, 5.41) is 10.8. The van der Waals surface area contributed by atoms with Crippen LogP contribution in [0.5, 0.6) is 0 Å². The molecule has 0 saturated carbocycles. The maximum absolute atomic E-state index is 13.4. The van der Waals surface area contributed by atoms with E-state index in [2.05, 4.69) is 15.7 Å². The average molecular weight is 551 g/mol. The van der Waals surface area contributed by atoms with Crippen LogP contribution < -0.4 is 16.3 Å². The van der Waals surface area contributed by atoms with E-state index in [0.29, 0.717) is 23.1 Å². The lowest BCUT2D eigenvalue weighted by Crippen LogP contribution is -2.36. The number of nitrogens with zero attached hydrogens (tertiary/aromatic N) is 2. The molecule has 2 amide bonds. The standard InChI is InChI=1S/C32H27FN4O4/c1-20(2)18-34-31(39)27(35-30(38)21-12-14-24(33)15-13-21)17-23-19-37(25-9-4-3-5-10-25)36-29(23)26-16-22-8-6-7-11-28(22)41-32(26)40/h3-17,19-20H,18H2,1-2H3,(H,34,39)(H,35,38). The van der Waals surface area contributed by atoms with Crippen molar-refractivity contribution in [1.82, 2.24) is 20.4 Å². The number of carbonyl (C=O) groups excluding carboxylic acids is 2. The fourth-order valence-corrected chi connectivity index (χ4v) is 4.14. The monoisotopic (exact) mass is 550 g/mol. The molecule has 41 heavy (non-hydrogen) atoms. The summed E-state index contributed by atoms with van der Waals surface area (Å²) in [6.07, 6.45) is 3.13. The van der Waals surface area contributed by atoms with Crippen LogP contribution in [0.15, 0.2) is 106 Å². The zero-order valence-corrected chi connectivity index (χ0v) is 22.4. The van der Waals surface area contributed by atoms with Gasteiger partial charge in [0.25, 0.3) is 11.8 Å². The lowest BCUT2D eigenvalue weighted by Gasteiger charge is -2.12. The van der Waals surface area contributed by atoms with Crippen LogP contribution in [-0.4, -0.2) is 28.1 Å². The molecule has 0 aliphatic rings. The minimum Gasteiger partial charge on any atom is -0.422 e. The van der Waals surface area contributed by atoms with Gasteiger partial charge in [0.1, 0.15) is 22.8 Å². The molecule has 2 aromatic heterocycles. The number of halogens is 1. The Balaban J connectivity index is 1.64. The van der Waals surface area contributed by atoms with Crippen LogP contribution in [0.25, 0.3) is 34.0 Å². The number of amides is 2. The zero-order chi connectivity index (χ0) is 28.9. The Morgan fingerprint density at radius 2 is 1.71 bits per heavy atom. The van der Waals surface area contributed by atoms with E-state index in [-0.39, 0.29) is 28.4 Å². The molecule has 5 aromatic rings. The molecule has 0 saturated heterocycles. The van der Waals surface area contributed by atoms with E-state index >= 15 is 0 Å². The molecule has 0 spiro atoms. The van der Waals surface area contributed by atoms with Gasteiger partial charge in [0.2, 0.25) is 0 Å². The van der Waals surface area contributed by atoms with Crippen molar-refractivity contribution in [3.8, 4) is 16.9 Å². The van der Waals surface area contributed by atoms with Gasteiger partial charge in [-0.15, -0.1) is 0 Å². The third-order valence-corrected chi connectivity index (χ3v) is 6.23. The van der Waals surface area contributed by atoms with E-state index in [1.807, 2.05) is 56.3 Å². The minimum absolute atomic E-state index is 0.0704. The molecule has 0 aliphatic heterocycles. The third-order valence-electron chi connectivity index (χ3n) is 6.23. The molecule has 0 radical (unpaired) electrons. The first-order chi connectivity index (χ1) is 19.8. The number of para-hydroxylation sites is 2. The van der Waals surface area contributed by atoms with Crippen LogP contribution in [0.2, 0.25) is 0 Å². The molecule has 0 fully saturated rings. The number of carbonyl (C=O) groups is 2. The molecule has 0 atom stereocenters. The van der Waals surface area contributed by atoms with Gasteiger partial charge in [0, 0.05) is 29.3 Å². The SMILES string of the molecule is CC(C)CNC(=O)C(=Cc1cn(-c2ccccc2)nc1-c1cc2ccccc2oc1=O)NC(=O)c1ccc(F)cc1. The van der Waals surface area contributed by atoms with Gasteiger partial charge in [-0.2, -0.15) is 5.10 Å². The van der Waals surface area contributed by atoms with Crippen LogP contribution in [0, 0.1) is 11.7 Å². The lowest BCUT2D eigenvalue weighted by atomic mass is 10.1. The summed E-state index contributed by atoms with van der Waals surface area (Å²) in [6.45, 7) is 4.26. The van der Waals surface area contributed by atoms with Gasteiger partial charge in [-0.3, -0.25) is 9.59 Å². The second-order valence-electron chi connectivity index (χ2n) is 9.82. The fraction of sp³-hybridized carbons (Fsp3) is 0.125. The first-order valence-corrected chi connectivity index (χ1v) is 13.0. The Morgan fingerprint density at radius 3 is 2.44 bits per heavy atom. The summed E-state index contributed by atoms with van der Waals surface area (Å²) in [5.41, 5.74) is 1.50. The van der Waals surface area contributed by atoms with E-state index in [0.717, 1.165) is 17.8 Å². The highest BCUT2D eigenvalue weighted by Gasteiger charge is 2.20. The normalized spacial score (nSPS) is 11.6. The predicted molar refractivity (Wildman–Crippen MR) is 155 cm³/mol. The predicted octanol–water partition coefficient (Wildman–Crippen LogP) is 5.33. The fourth-order valence-electron chi connectivity index (χ4n) is 4.14. The van der Waals surface area contributed by atoms with Gasteiger partial charge in [-0.05, 0) is 60.5 Å². The van der Waals surface area contributed by atoms with Crippen molar-refractivity contribution >= 4 is 28.9 Å². The molecule has 206 valence electrons. The van der Waals surface area contributed by atoms with Crippen molar-refractivity contribution in [2.45, 2.75) is 13.8 Å². The van der Waals surface area contributed by atoms with E-state index < -0.39 is 23.3 Å². The molecule has 0 aliphatic carbocycles. The van der Waals surface area contributed by atoms with Crippen LogP contribution in [0.3, 0.4) is 0 Å². The second kappa shape index (κ2) is 11.8. The number of rotatable bonds is 8. The zero-order valence-electron chi connectivity index (χ0n) is 22.4. The number of hydrogen-bond acceptors (Lipinski definition) is 5. The van der Waals surface area contributed by atoms with Crippen molar-refractivity contribution in [3.63, 3.8) is 0 Å². The smallest absolute Gasteiger partial charge is 0.345 e. The molecular formula is C32H27FN4O4. The number of hydrogen-bond donors (Lipinski definition) is 2. The van der Waals surface area contributed by atoms with Gasteiger partial charge in [0.05, 0.1) is 11.3 Å². The number of aromatic nitrogens is 2. The number of benzene rings is 3. The highest BCUT2D eigenvalue weighted by atomic mass is 19.1. The first kappa shape index (κ1) is 27.3. The van der Waals surface area contributed by atoms with Gasteiger partial charge < -0.3 is 15.1 Å². The summed E-state index contributed by atoms with van der Waals surface area (Å²) >= 11 is 0. The molecule has 0 bridgehead atoms. The maximum atomic E-state index is 13.4. The van der Waals surface area contributed by atoms with Gasteiger partial charge in [-0.1, -0.05) is 50.2 Å². The highest BCUT2D eigenvalue weighted by Crippen LogP contribution is 2.26. The molecule has 0 unspecified atom stereocenters. The summed E-state index contributed by atoms with van der Waals surface area (Å²) in [6, 6.07) is 23.1. The summed E-state index contributed by atoms with van der Waals surface area (Å²) in [5.74, 6) is -1.46. The molecular weight excluding hydrogens is 523 g/mol. The van der Waals surface area contributed by atoms with Crippen LogP contribution in [-0.2, 0) is 4.79 Å². The Labute approximate surface area is 235 Å². The Morgan fingerprint density at radius 1 is 1.00 bits per heavy atom. The maximum Gasteiger partial charge on any atom is 0.345 e. The van der Waals surface area contributed by atoms with Crippen molar-refractivity contribution in [1.29, 1.82) is 0 Å². The Bertz CT molecular complexity index is 1810. The van der Waals surface area contributed by atoms with E-state index in [9.17, 15) is 18.8 Å². The molecule has 3 aromatic carbocycles. The minimum atomic E-state index is -0.599. The first-order valence-electron chi connectivity index (χ1n) is 13.0. The van der Waals surface area contributed by atoms with Crippen molar-refractivity contribution in [2.24, 2.45) is 5.92 Å². The quantitative estimate of drug-likeness (QED) is 0.201. The molecule has 9 heteroatoms. The summed E-state index contributed by atoms with van der Waals surface area (Å²) in [4.78, 5) is 39.4. The van der Waals surface area contributed by atoms with E-state index in [1.54, 1.807) is 29.1 Å². The van der Waals surface area contributed by atoms with Crippen LogP contribution in [0.1, 0.15) is 29.8 Å². The molecule has 2 N–H and O–H groups in total. The van der Waals surface area contributed by atoms with Gasteiger partial charge >= 0.3 is 5.63 Å². The topological polar surface area (TPSA) is 106 Å². The molecule has 5 rings (SSSR count). The average Bonchev–Trinajstić information content (AvgIpc) is 3.39. The third kappa shape index (κ3) is 6.30. The van der Waals surface area contributed by atoms with E-state index in [1.165, 1.54) is 18.2 Å². The number of nitrogens with one attached hydrogen (secondary N) is 2. The summed E-state index contributed by atoms with van der Waals surface area (Å²) in [7, 11) is 0. The van der Waals surface area contributed by atoms with Crippen LogP contribution in [0.4, 0.5) is 4.39 Å².